The van der Waals surface area contributed by atoms with E-state index in [0.29, 0.717) is 18.1 Å². The third kappa shape index (κ3) is 4.34. The number of hydrogen-bond donors (Lipinski definition) is 1. The highest BCUT2D eigenvalue weighted by molar-refractivity contribution is 5.97. The summed E-state index contributed by atoms with van der Waals surface area (Å²) in [6, 6.07) is 23.1. The monoisotopic (exact) mass is 417 g/mol. The number of rotatable bonds is 5. The van der Waals surface area contributed by atoms with Gasteiger partial charge in [-0.1, -0.05) is 30.3 Å². The number of ether oxygens (including phenoxy) is 3. The summed E-state index contributed by atoms with van der Waals surface area (Å²) in [5.41, 5.74) is 1.83. The van der Waals surface area contributed by atoms with Gasteiger partial charge in [-0.15, -0.1) is 0 Å². The topological polar surface area (TPSA) is 52.4 Å². The molecule has 31 heavy (non-hydrogen) atoms. The summed E-state index contributed by atoms with van der Waals surface area (Å²) < 4.78 is 16.9. The molecular weight excluding hydrogens is 392 g/mol. The van der Waals surface area contributed by atoms with Gasteiger partial charge in [0.2, 0.25) is 6.79 Å². The van der Waals surface area contributed by atoms with E-state index in [1.54, 1.807) is 0 Å². The smallest absolute Gasteiger partial charge is 0.258 e. The van der Waals surface area contributed by atoms with Gasteiger partial charge in [-0.3, -0.25) is 4.79 Å². The molecule has 3 aromatic rings. The van der Waals surface area contributed by atoms with Crippen LogP contribution in [0.15, 0.2) is 72.8 Å². The van der Waals surface area contributed by atoms with Gasteiger partial charge in [0.15, 0.2) is 11.5 Å². The number of para-hydroxylation sites is 2. The predicted octanol–water partition coefficient (Wildman–Crippen LogP) is 2.75. The van der Waals surface area contributed by atoms with Gasteiger partial charge in [0.05, 0.1) is 31.7 Å². The Bertz CT molecular complexity index is 1060. The second-order valence-electron chi connectivity index (χ2n) is 7.82. The lowest BCUT2D eigenvalue weighted by atomic mass is 10.1. The molecule has 1 amide bonds. The molecule has 1 saturated heterocycles. The Morgan fingerprint density at radius 1 is 0.903 bits per heavy atom. The fraction of sp³-hybridized carbons (Fsp3) is 0.240. The molecule has 0 spiro atoms. The largest absolute Gasteiger partial charge is 0.457 e. The molecule has 0 aromatic heterocycles. The van der Waals surface area contributed by atoms with Gasteiger partial charge >= 0.3 is 0 Å². The van der Waals surface area contributed by atoms with Gasteiger partial charge in [0.1, 0.15) is 18.0 Å². The van der Waals surface area contributed by atoms with Crippen LogP contribution in [0.3, 0.4) is 0 Å². The fourth-order valence-corrected chi connectivity index (χ4v) is 4.06. The summed E-state index contributed by atoms with van der Waals surface area (Å²) in [7, 11) is 0. The van der Waals surface area contributed by atoms with Crippen molar-refractivity contribution < 1.29 is 23.9 Å². The van der Waals surface area contributed by atoms with Crippen LogP contribution in [0.1, 0.15) is 15.9 Å². The number of nitrogens with one attached hydrogen (secondary N) is 1. The number of carbonyl (C=O) groups is 1. The van der Waals surface area contributed by atoms with Crippen LogP contribution in [-0.4, -0.2) is 43.8 Å². The van der Waals surface area contributed by atoms with Crippen molar-refractivity contribution in [1.82, 2.24) is 4.90 Å². The first-order valence-corrected chi connectivity index (χ1v) is 10.6. The van der Waals surface area contributed by atoms with Crippen LogP contribution in [0, 0.1) is 0 Å². The number of nitrogens with zero attached hydrogens (tertiary/aromatic N) is 1. The van der Waals surface area contributed by atoms with Crippen molar-refractivity contribution in [2.24, 2.45) is 0 Å². The molecule has 6 nitrogen and oxygen atoms in total. The molecule has 0 saturated carbocycles. The Balaban J connectivity index is 1.21. The van der Waals surface area contributed by atoms with E-state index in [0.717, 1.165) is 50.0 Å². The van der Waals surface area contributed by atoms with E-state index in [1.807, 2.05) is 65.6 Å². The van der Waals surface area contributed by atoms with Crippen molar-refractivity contribution >= 4 is 5.91 Å². The standard InChI is InChI=1S/C25H24N2O4/c28-25(21-8-4-5-9-22(21)31-20-6-2-1-3-7-20)27-14-12-26(13-15-27)17-19-10-11-23-24(16-19)30-18-29-23/h1-11,16H,12-15,17-18H2/p+1. The zero-order valence-corrected chi connectivity index (χ0v) is 17.3. The normalized spacial score (nSPS) is 15.7. The molecule has 6 heteroatoms. The molecule has 5 rings (SSSR count). The van der Waals surface area contributed by atoms with Crippen molar-refractivity contribution in [2.45, 2.75) is 6.54 Å². The summed E-state index contributed by atoms with van der Waals surface area (Å²) in [5, 5.41) is 0. The number of quaternary nitrogens is 1. The van der Waals surface area contributed by atoms with E-state index in [-0.39, 0.29) is 5.91 Å². The molecule has 158 valence electrons. The number of hydrogen-bond acceptors (Lipinski definition) is 4. The molecule has 0 atom stereocenters. The minimum Gasteiger partial charge on any atom is -0.457 e. The molecule has 1 fully saturated rings. The van der Waals surface area contributed by atoms with Gasteiger partial charge in [0.25, 0.3) is 5.91 Å². The second kappa shape index (κ2) is 8.70. The molecule has 0 unspecified atom stereocenters. The fourth-order valence-electron chi connectivity index (χ4n) is 4.06. The molecule has 2 heterocycles. The lowest BCUT2D eigenvalue weighted by Crippen LogP contribution is -3.13. The van der Waals surface area contributed by atoms with Crippen LogP contribution in [-0.2, 0) is 6.54 Å². The summed E-state index contributed by atoms with van der Waals surface area (Å²) in [6.45, 7) is 4.45. The maximum Gasteiger partial charge on any atom is 0.258 e. The van der Waals surface area contributed by atoms with Crippen molar-refractivity contribution in [2.75, 3.05) is 33.0 Å². The second-order valence-corrected chi connectivity index (χ2v) is 7.82. The first-order valence-electron chi connectivity index (χ1n) is 10.6. The van der Waals surface area contributed by atoms with Crippen LogP contribution in [0.5, 0.6) is 23.0 Å². The minimum atomic E-state index is 0.0219. The number of amides is 1. The minimum absolute atomic E-state index is 0.0219. The Hall–Kier alpha value is -3.51. The maximum atomic E-state index is 13.2. The third-order valence-electron chi connectivity index (χ3n) is 5.74. The van der Waals surface area contributed by atoms with Gasteiger partial charge in [-0.05, 0) is 42.5 Å². The quantitative estimate of drug-likeness (QED) is 0.694. The Kier molecular flexibility index (Phi) is 5.46. The van der Waals surface area contributed by atoms with E-state index >= 15 is 0 Å². The van der Waals surface area contributed by atoms with E-state index in [9.17, 15) is 4.79 Å². The SMILES string of the molecule is O=C(c1ccccc1Oc1ccccc1)N1CC[NH+](Cc2ccc3c(c2)OCO3)CC1. The molecule has 1 N–H and O–H groups in total. The van der Waals surface area contributed by atoms with E-state index in [2.05, 4.69) is 12.1 Å². The molecule has 0 bridgehead atoms. The highest BCUT2D eigenvalue weighted by atomic mass is 16.7. The summed E-state index contributed by atoms with van der Waals surface area (Å²) in [4.78, 5) is 16.6. The van der Waals surface area contributed by atoms with Crippen molar-refractivity contribution in [3.05, 3.63) is 83.9 Å². The Labute approximate surface area is 181 Å². The van der Waals surface area contributed by atoms with E-state index in [1.165, 1.54) is 10.5 Å². The molecule has 2 aliphatic rings. The van der Waals surface area contributed by atoms with Crippen molar-refractivity contribution in [3.8, 4) is 23.0 Å². The maximum absolute atomic E-state index is 13.2. The molecule has 2 aliphatic heterocycles. The molecular formula is C25H25N2O4+. The number of benzene rings is 3. The van der Waals surface area contributed by atoms with Crippen molar-refractivity contribution in [1.29, 1.82) is 0 Å². The van der Waals surface area contributed by atoms with Crippen molar-refractivity contribution in [3.63, 3.8) is 0 Å². The zero-order valence-electron chi connectivity index (χ0n) is 17.3. The summed E-state index contributed by atoms with van der Waals surface area (Å²) in [6.07, 6.45) is 0. The average Bonchev–Trinajstić information content (AvgIpc) is 3.28. The number of fused-ring (bicyclic) bond motifs is 1. The summed E-state index contributed by atoms with van der Waals surface area (Å²) in [5.74, 6) is 2.97. The Morgan fingerprint density at radius 2 is 1.65 bits per heavy atom. The van der Waals surface area contributed by atoms with Gasteiger partial charge < -0.3 is 24.0 Å². The van der Waals surface area contributed by atoms with Crippen LogP contribution >= 0.6 is 0 Å². The first-order chi connectivity index (χ1) is 15.3. The number of carbonyl (C=O) groups excluding carboxylic acids is 1. The molecule has 0 aliphatic carbocycles. The van der Waals surface area contributed by atoms with Crippen LogP contribution in [0.4, 0.5) is 0 Å². The lowest BCUT2D eigenvalue weighted by Gasteiger charge is -2.32. The van der Waals surface area contributed by atoms with E-state index < -0.39 is 0 Å². The highest BCUT2D eigenvalue weighted by Crippen LogP contribution is 2.32. The Morgan fingerprint density at radius 3 is 2.48 bits per heavy atom. The van der Waals surface area contributed by atoms with E-state index in [4.69, 9.17) is 14.2 Å². The van der Waals surface area contributed by atoms with Crippen LogP contribution in [0.2, 0.25) is 0 Å². The average molecular weight is 417 g/mol. The number of piperazine rings is 1. The first kappa shape index (κ1) is 19.5. The summed E-state index contributed by atoms with van der Waals surface area (Å²) >= 11 is 0. The highest BCUT2D eigenvalue weighted by Gasteiger charge is 2.27. The predicted molar refractivity (Wildman–Crippen MR) is 116 cm³/mol. The van der Waals surface area contributed by atoms with Gasteiger partial charge in [0, 0.05) is 5.56 Å². The van der Waals surface area contributed by atoms with Crippen LogP contribution < -0.4 is 19.1 Å². The third-order valence-corrected chi connectivity index (χ3v) is 5.74. The van der Waals surface area contributed by atoms with Gasteiger partial charge in [-0.25, -0.2) is 0 Å². The van der Waals surface area contributed by atoms with Gasteiger partial charge in [-0.2, -0.15) is 0 Å². The molecule has 0 radical (unpaired) electrons. The zero-order chi connectivity index (χ0) is 21.0. The van der Waals surface area contributed by atoms with Crippen LogP contribution in [0.25, 0.3) is 0 Å². The lowest BCUT2D eigenvalue weighted by molar-refractivity contribution is -0.917. The molecule has 3 aromatic carbocycles.